The number of carbonyl (C=O) groups excluding carboxylic acids is 4. The van der Waals surface area contributed by atoms with E-state index in [2.05, 4.69) is 59.2 Å². The van der Waals surface area contributed by atoms with Crippen LogP contribution >= 0.6 is 46.4 Å². The maximum absolute atomic E-state index is 11.7. The van der Waals surface area contributed by atoms with E-state index in [9.17, 15) is 36.7 Å². The molecule has 0 aliphatic rings. The molecule has 0 radical (unpaired) electrons. The number of alkyl halides is 5. The van der Waals surface area contributed by atoms with Gasteiger partial charge in [-0.1, -0.05) is 63.3 Å². The first kappa shape index (κ1) is 42.3. The van der Waals surface area contributed by atoms with Gasteiger partial charge in [0, 0.05) is 13.3 Å². The number of esters is 1. The van der Waals surface area contributed by atoms with Gasteiger partial charge in [-0.2, -0.15) is 17.6 Å². The molecular weight excluding hydrogens is 610 g/mol. The predicted molar refractivity (Wildman–Crippen MR) is 149 cm³/mol. The van der Waals surface area contributed by atoms with Crippen molar-refractivity contribution < 1.29 is 41.5 Å². The van der Waals surface area contributed by atoms with Crippen molar-refractivity contribution in [3.05, 3.63) is 24.3 Å². The minimum atomic E-state index is -5.00. The van der Waals surface area contributed by atoms with E-state index >= 15 is 0 Å². The van der Waals surface area contributed by atoms with Gasteiger partial charge in [0.1, 0.15) is 0 Å². The van der Waals surface area contributed by atoms with Gasteiger partial charge in [0.25, 0.3) is 10.5 Å². The van der Waals surface area contributed by atoms with Crippen molar-refractivity contribution in [1.29, 1.82) is 0 Å². The van der Waals surface area contributed by atoms with Crippen molar-refractivity contribution in [3.8, 4) is 0 Å². The summed E-state index contributed by atoms with van der Waals surface area (Å²) in [6.45, 7) is 4.87. The highest BCUT2D eigenvalue weighted by molar-refractivity contribution is 6.66. The van der Waals surface area contributed by atoms with Crippen LogP contribution in [0.25, 0.3) is 0 Å². The van der Waals surface area contributed by atoms with Gasteiger partial charge in [-0.05, 0) is 91.9 Å². The number of halogens is 8. The Morgan fingerprint density at radius 1 is 0.795 bits per heavy atom. The summed E-state index contributed by atoms with van der Waals surface area (Å²) in [5.41, 5.74) is 0. The summed E-state index contributed by atoms with van der Waals surface area (Å²) in [6.07, 6.45) is 22.1. The summed E-state index contributed by atoms with van der Waals surface area (Å²) < 4.78 is 50.7. The summed E-state index contributed by atoms with van der Waals surface area (Å²) >= 11 is 18.2. The monoisotopic (exact) mass is 646 g/mol. The number of carbonyl (C=O) groups is 4. The molecule has 5 nitrogen and oxygen atoms in total. The van der Waals surface area contributed by atoms with Crippen molar-refractivity contribution in [2.45, 2.75) is 115 Å². The Morgan fingerprint density at radius 3 is 1.59 bits per heavy atom. The molecule has 0 spiro atoms. The van der Waals surface area contributed by atoms with Gasteiger partial charge in [0.15, 0.2) is 6.10 Å². The highest BCUT2D eigenvalue weighted by Crippen LogP contribution is 2.39. The Labute approximate surface area is 248 Å². The van der Waals surface area contributed by atoms with Gasteiger partial charge < -0.3 is 4.74 Å². The zero-order valence-electron chi connectivity index (χ0n) is 22.4. The SMILES string of the molecule is CC(=O)O[C@@H](C)C(=O)Cl.CCCCC/C=C\C/C=C\CCCCCCCC(=O)Cl.O=C(Cl)C(F)(F)C(F)(F)Cl. The second-order valence-corrected chi connectivity index (χ2v) is 9.85. The molecule has 0 unspecified atom stereocenters. The fourth-order valence-electron chi connectivity index (χ4n) is 2.48. The lowest BCUT2D eigenvalue weighted by Gasteiger charge is -2.15. The first-order valence-corrected chi connectivity index (χ1v) is 14.0. The van der Waals surface area contributed by atoms with Crippen LogP contribution in [0.1, 0.15) is 97.8 Å². The first-order valence-electron chi connectivity index (χ1n) is 12.5. The molecule has 0 aliphatic carbocycles. The van der Waals surface area contributed by atoms with Crippen molar-refractivity contribution >= 4 is 68.1 Å². The topological polar surface area (TPSA) is 77.5 Å². The molecule has 0 rings (SSSR count). The molecular formula is C26H38Cl4F4O5. The second kappa shape index (κ2) is 25.8. The van der Waals surface area contributed by atoms with Gasteiger partial charge in [0.05, 0.1) is 0 Å². The van der Waals surface area contributed by atoms with Crippen LogP contribution in [0, 0.1) is 0 Å². The molecule has 39 heavy (non-hydrogen) atoms. The van der Waals surface area contributed by atoms with E-state index in [1.54, 1.807) is 0 Å². The third kappa shape index (κ3) is 29.6. The number of ether oxygens (including phenoxy) is 1. The van der Waals surface area contributed by atoms with Crippen molar-refractivity contribution in [1.82, 2.24) is 0 Å². The largest absolute Gasteiger partial charge is 0.453 e. The lowest BCUT2D eigenvalue weighted by Crippen LogP contribution is -2.40. The summed E-state index contributed by atoms with van der Waals surface area (Å²) in [5.74, 6) is -5.51. The molecule has 0 fully saturated rings. The number of rotatable bonds is 18. The molecule has 0 aliphatic heterocycles. The number of unbranched alkanes of at least 4 members (excludes halogenated alkanes) is 8. The third-order valence-electron chi connectivity index (χ3n) is 4.59. The van der Waals surface area contributed by atoms with Crippen LogP contribution in [0.2, 0.25) is 0 Å². The summed E-state index contributed by atoms with van der Waals surface area (Å²) in [6, 6.07) is 0. The molecule has 0 saturated heterocycles. The highest BCUT2D eigenvalue weighted by atomic mass is 35.5. The van der Waals surface area contributed by atoms with Crippen LogP contribution in [-0.2, 0) is 23.9 Å². The molecule has 0 saturated carbocycles. The van der Waals surface area contributed by atoms with E-state index in [0.29, 0.717) is 6.42 Å². The minimum Gasteiger partial charge on any atom is -0.453 e. The quantitative estimate of drug-likeness (QED) is 0.0370. The Bertz CT molecular complexity index is 757. The number of hydrogen-bond acceptors (Lipinski definition) is 5. The predicted octanol–water partition coefficient (Wildman–Crippen LogP) is 9.49. The van der Waals surface area contributed by atoms with E-state index < -0.39 is 33.9 Å². The Hall–Kier alpha value is -1.16. The molecule has 0 amide bonds. The standard InChI is InChI=1S/C18H31ClO.C5H7ClO3.C3Cl2F4O/c1-2-3-4-5-6-7-8-9-10-11-12-13-14-15-16-17-18(19)20;1-3(5(6)8)9-4(2)7;4-1(10)2(6,7)3(5,8)9/h6-7,9-10H,2-5,8,11-17H2,1H3;3H,1-2H3;/b7-6-,10-9-;;/t;3-;/m.0./s1. The molecule has 0 aromatic rings. The normalized spacial score (nSPS) is 12.3. The fraction of sp³-hybridized carbons (Fsp3) is 0.692. The van der Waals surface area contributed by atoms with Crippen LogP contribution in [0.15, 0.2) is 24.3 Å². The van der Waals surface area contributed by atoms with E-state index in [-0.39, 0.29) is 5.24 Å². The second-order valence-electron chi connectivity index (χ2n) is 8.24. The van der Waals surface area contributed by atoms with Gasteiger partial charge in [-0.3, -0.25) is 19.2 Å². The van der Waals surface area contributed by atoms with Crippen LogP contribution in [-0.4, -0.2) is 39.1 Å². The summed E-state index contributed by atoms with van der Waals surface area (Å²) in [7, 11) is 0. The van der Waals surface area contributed by atoms with Crippen LogP contribution in [0.3, 0.4) is 0 Å². The molecule has 0 aromatic heterocycles. The highest BCUT2D eigenvalue weighted by Gasteiger charge is 2.60. The molecule has 0 N–H and O–H groups in total. The molecule has 13 heteroatoms. The van der Waals surface area contributed by atoms with Gasteiger partial charge in [-0.25, -0.2) is 0 Å². The number of hydrogen-bond donors (Lipinski definition) is 0. The average Bonchev–Trinajstić information content (AvgIpc) is 2.81. The molecule has 0 bridgehead atoms. The fourth-order valence-corrected chi connectivity index (χ4v) is 2.91. The van der Waals surface area contributed by atoms with Crippen molar-refractivity contribution in [2.75, 3.05) is 0 Å². The van der Waals surface area contributed by atoms with E-state index in [0.717, 1.165) is 19.3 Å². The zero-order valence-corrected chi connectivity index (χ0v) is 25.5. The van der Waals surface area contributed by atoms with E-state index in [1.807, 2.05) is 0 Å². The number of allylic oxidation sites excluding steroid dienone is 4. The van der Waals surface area contributed by atoms with Crippen LogP contribution in [0.4, 0.5) is 17.6 Å². The maximum atomic E-state index is 11.7. The van der Waals surface area contributed by atoms with E-state index in [4.69, 9.17) is 23.2 Å². The Morgan fingerprint density at radius 2 is 1.26 bits per heavy atom. The summed E-state index contributed by atoms with van der Waals surface area (Å²) in [5, 5.41) is -8.26. The van der Waals surface area contributed by atoms with Crippen molar-refractivity contribution in [2.24, 2.45) is 0 Å². The van der Waals surface area contributed by atoms with Crippen molar-refractivity contribution in [3.63, 3.8) is 0 Å². The molecule has 0 aromatic carbocycles. The molecule has 1 atom stereocenters. The molecule has 0 heterocycles. The van der Waals surface area contributed by atoms with Crippen LogP contribution in [0.5, 0.6) is 0 Å². The lowest BCUT2D eigenvalue weighted by molar-refractivity contribution is -0.170. The average molecular weight is 648 g/mol. The maximum Gasteiger partial charge on any atom is 0.396 e. The Balaban J connectivity index is -0.000000568. The Kier molecular flexibility index (Phi) is 28.0. The third-order valence-corrected chi connectivity index (χ3v) is 5.56. The van der Waals surface area contributed by atoms with Gasteiger partial charge >= 0.3 is 17.3 Å². The van der Waals surface area contributed by atoms with Crippen LogP contribution < -0.4 is 0 Å². The first-order chi connectivity index (χ1) is 18.0. The summed E-state index contributed by atoms with van der Waals surface area (Å²) in [4.78, 5) is 40.4. The lowest BCUT2D eigenvalue weighted by atomic mass is 10.1. The zero-order chi connectivity index (χ0) is 30.9. The molecule has 228 valence electrons. The smallest absolute Gasteiger partial charge is 0.396 e. The van der Waals surface area contributed by atoms with Gasteiger partial charge in [0.2, 0.25) is 5.24 Å². The van der Waals surface area contributed by atoms with E-state index in [1.165, 1.54) is 65.2 Å². The minimum absolute atomic E-state index is 0.198. The van der Waals surface area contributed by atoms with Gasteiger partial charge in [-0.15, -0.1) is 0 Å².